The molecule has 3 heteroatoms. The Morgan fingerprint density at radius 3 is 2.53 bits per heavy atom. The highest BCUT2D eigenvalue weighted by Gasteiger charge is 2.18. The summed E-state index contributed by atoms with van der Waals surface area (Å²) in [5.74, 6) is 0.778. The monoisotopic (exact) mass is 209 g/mol. The molecule has 15 heavy (non-hydrogen) atoms. The van der Waals surface area contributed by atoms with Crippen LogP contribution in [0.5, 0.6) is 5.75 Å². The molecule has 0 unspecified atom stereocenters. The van der Waals surface area contributed by atoms with E-state index in [-0.39, 0.29) is 6.61 Å². The van der Waals surface area contributed by atoms with Crippen LogP contribution in [0.2, 0.25) is 0 Å². The Morgan fingerprint density at radius 1 is 1.33 bits per heavy atom. The van der Waals surface area contributed by atoms with Crippen LogP contribution in [-0.2, 0) is 0 Å². The summed E-state index contributed by atoms with van der Waals surface area (Å²) in [5.41, 5.74) is 0.548. The lowest BCUT2D eigenvalue weighted by Gasteiger charge is -2.24. The van der Waals surface area contributed by atoms with Gasteiger partial charge in [-0.2, -0.15) is 0 Å². The summed E-state index contributed by atoms with van der Waals surface area (Å²) < 4.78 is 5.67. The molecule has 0 heterocycles. The second-order valence-corrected chi connectivity index (χ2v) is 4.41. The highest BCUT2D eigenvalue weighted by atomic mass is 16.5. The molecule has 0 amide bonds. The average molecular weight is 209 g/mol. The average Bonchev–Trinajstić information content (AvgIpc) is 2.17. The third kappa shape index (κ3) is 3.44. The number of anilines is 1. The second kappa shape index (κ2) is 4.53. The summed E-state index contributed by atoms with van der Waals surface area (Å²) in [6.45, 7) is 3.71. The molecule has 0 aliphatic rings. The zero-order valence-electron chi connectivity index (χ0n) is 9.82. The van der Waals surface area contributed by atoms with E-state index in [9.17, 15) is 0 Å². The van der Waals surface area contributed by atoms with Gasteiger partial charge in [0, 0.05) is 25.8 Å². The minimum absolute atomic E-state index is 0.000802. The smallest absolute Gasteiger partial charge is 0.126 e. The first kappa shape index (κ1) is 11.9. The number of nitrogens with zero attached hydrogens (tertiary/aromatic N) is 1. The van der Waals surface area contributed by atoms with Crippen molar-refractivity contribution in [3.63, 3.8) is 0 Å². The maximum atomic E-state index is 9.10. The van der Waals surface area contributed by atoms with Crippen LogP contribution in [0.25, 0.3) is 0 Å². The predicted molar refractivity (Wildman–Crippen MR) is 62.6 cm³/mol. The van der Waals surface area contributed by atoms with Crippen molar-refractivity contribution in [3.8, 4) is 5.75 Å². The van der Waals surface area contributed by atoms with Crippen molar-refractivity contribution in [2.75, 3.05) is 25.6 Å². The molecule has 0 aliphatic carbocycles. The Balaban J connectivity index is 2.82. The van der Waals surface area contributed by atoms with E-state index in [0.29, 0.717) is 0 Å². The Labute approximate surface area is 91.3 Å². The molecule has 0 bridgehead atoms. The lowest BCUT2D eigenvalue weighted by atomic mass is 10.1. The molecule has 1 aromatic rings. The van der Waals surface area contributed by atoms with Crippen LogP contribution in [0, 0.1) is 0 Å². The molecule has 1 N–H and O–H groups in total. The van der Waals surface area contributed by atoms with Crippen LogP contribution in [0.4, 0.5) is 5.69 Å². The normalized spacial score (nSPS) is 11.3. The van der Waals surface area contributed by atoms with Gasteiger partial charge in [-0.15, -0.1) is 0 Å². The molecule has 0 radical (unpaired) electrons. The molecule has 84 valence electrons. The van der Waals surface area contributed by atoms with Gasteiger partial charge in [-0.25, -0.2) is 0 Å². The number of benzene rings is 1. The van der Waals surface area contributed by atoms with E-state index in [1.54, 1.807) is 0 Å². The number of aliphatic hydroxyl groups excluding tert-OH is 1. The van der Waals surface area contributed by atoms with E-state index >= 15 is 0 Å². The fourth-order valence-corrected chi connectivity index (χ4v) is 1.18. The summed E-state index contributed by atoms with van der Waals surface area (Å²) in [6, 6.07) is 7.80. The second-order valence-electron chi connectivity index (χ2n) is 4.41. The first-order chi connectivity index (χ1) is 6.94. The molecule has 1 rings (SSSR count). The summed E-state index contributed by atoms with van der Waals surface area (Å²) >= 11 is 0. The topological polar surface area (TPSA) is 32.7 Å². The van der Waals surface area contributed by atoms with Crippen molar-refractivity contribution >= 4 is 5.69 Å². The number of aliphatic hydroxyl groups is 1. The predicted octanol–water partition coefficient (Wildman–Crippen LogP) is 1.90. The van der Waals surface area contributed by atoms with E-state index in [1.165, 1.54) is 0 Å². The van der Waals surface area contributed by atoms with Crippen LogP contribution in [-0.4, -0.2) is 31.4 Å². The van der Waals surface area contributed by atoms with E-state index in [1.807, 2.05) is 57.1 Å². The molecule has 0 saturated heterocycles. The highest BCUT2D eigenvalue weighted by molar-refractivity contribution is 5.49. The van der Waals surface area contributed by atoms with Crippen molar-refractivity contribution in [1.29, 1.82) is 0 Å². The Kier molecular flexibility index (Phi) is 3.58. The minimum atomic E-state index is -0.537. The third-order valence-corrected chi connectivity index (χ3v) is 2.11. The summed E-state index contributed by atoms with van der Waals surface area (Å²) in [4.78, 5) is 2.01. The van der Waals surface area contributed by atoms with Crippen molar-refractivity contribution in [1.82, 2.24) is 0 Å². The van der Waals surface area contributed by atoms with Gasteiger partial charge in [-0.3, -0.25) is 0 Å². The Morgan fingerprint density at radius 2 is 2.00 bits per heavy atom. The first-order valence-corrected chi connectivity index (χ1v) is 5.02. The van der Waals surface area contributed by atoms with Gasteiger partial charge in [0.05, 0.1) is 6.61 Å². The maximum absolute atomic E-state index is 9.10. The molecule has 0 aromatic heterocycles. The molecule has 0 saturated carbocycles. The Hall–Kier alpha value is -1.22. The van der Waals surface area contributed by atoms with Gasteiger partial charge in [-0.1, -0.05) is 6.07 Å². The van der Waals surface area contributed by atoms with Gasteiger partial charge in [0.1, 0.15) is 11.4 Å². The van der Waals surface area contributed by atoms with Gasteiger partial charge in [0.2, 0.25) is 0 Å². The maximum Gasteiger partial charge on any atom is 0.126 e. The number of hydrogen-bond donors (Lipinski definition) is 1. The lowest BCUT2D eigenvalue weighted by Crippen LogP contribution is -2.32. The van der Waals surface area contributed by atoms with E-state index in [0.717, 1.165) is 11.4 Å². The quantitative estimate of drug-likeness (QED) is 0.822. The fourth-order valence-electron chi connectivity index (χ4n) is 1.18. The molecule has 0 aliphatic heterocycles. The van der Waals surface area contributed by atoms with Crippen LogP contribution >= 0.6 is 0 Å². The first-order valence-electron chi connectivity index (χ1n) is 5.02. The van der Waals surface area contributed by atoms with Gasteiger partial charge in [0.15, 0.2) is 0 Å². The molecular formula is C12H19NO2. The summed E-state index contributed by atoms with van der Waals surface area (Å²) in [5, 5.41) is 9.10. The van der Waals surface area contributed by atoms with E-state index in [4.69, 9.17) is 9.84 Å². The van der Waals surface area contributed by atoms with Crippen LogP contribution in [0.3, 0.4) is 0 Å². The van der Waals surface area contributed by atoms with E-state index in [2.05, 4.69) is 0 Å². The molecule has 0 atom stereocenters. The van der Waals surface area contributed by atoms with E-state index < -0.39 is 5.60 Å². The van der Waals surface area contributed by atoms with Crippen molar-refractivity contribution in [3.05, 3.63) is 24.3 Å². The zero-order valence-corrected chi connectivity index (χ0v) is 9.82. The molecular weight excluding hydrogens is 190 g/mol. The zero-order chi connectivity index (χ0) is 11.5. The van der Waals surface area contributed by atoms with Crippen LogP contribution < -0.4 is 9.64 Å². The van der Waals surface area contributed by atoms with Gasteiger partial charge >= 0.3 is 0 Å². The Bertz CT molecular complexity index is 321. The largest absolute Gasteiger partial charge is 0.485 e. The van der Waals surface area contributed by atoms with Crippen molar-refractivity contribution < 1.29 is 9.84 Å². The van der Waals surface area contributed by atoms with Crippen LogP contribution in [0.15, 0.2) is 24.3 Å². The van der Waals surface area contributed by atoms with Crippen LogP contribution in [0.1, 0.15) is 13.8 Å². The number of hydrogen-bond acceptors (Lipinski definition) is 3. The summed E-state index contributed by atoms with van der Waals surface area (Å²) in [6.07, 6.45) is 0. The fraction of sp³-hybridized carbons (Fsp3) is 0.500. The molecule has 0 spiro atoms. The SMILES string of the molecule is CN(C)c1cccc(OC(C)(C)CO)c1. The number of rotatable bonds is 4. The van der Waals surface area contributed by atoms with Crippen molar-refractivity contribution in [2.45, 2.75) is 19.4 Å². The molecule has 3 nitrogen and oxygen atoms in total. The van der Waals surface area contributed by atoms with Crippen molar-refractivity contribution in [2.24, 2.45) is 0 Å². The summed E-state index contributed by atoms with van der Waals surface area (Å²) in [7, 11) is 3.96. The molecule has 0 fully saturated rings. The lowest BCUT2D eigenvalue weighted by molar-refractivity contribution is 0.0413. The third-order valence-electron chi connectivity index (χ3n) is 2.11. The molecule has 1 aromatic carbocycles. The standard InChI is InChI=1S/C12H19NO2/c1-12(2,9-14)15-11-7-5-6-10(8-11)13(3)4/h5-8,14H,9H2,1-4H3. The number of ether oxygens (including phenoxy) is 1. The van der Waals surface area contributed by atoms with Gasteiger partial charge < -0.3 is 14.7 Å². The van der Waals surface area contributed by atoms with Gasteiger partial charge in [0.25, 0.3) is 0 Å². The highest BCUT2D eigenvalue weighted by Crippen LogP contribution is 2.23. The van der Waals surface area contributed by atoms with Gasteiger partial charge in [-0.05, 0) is 26.0 Å². The minimum Gasteiger partial charge on any atom is -0.485 e.